The molecular formula is C17H26N2O3S. The van der Waals surface area contributed by atoms with Crippen molar-refractivity contribution in [2.75, 3.05) is 20.2 Å². The van der Waals surface area contributed by atoms with Crippen molar-refractivity contribution >= 4 is 10.0 Å². The van der Waals surface area contributed by atoms with Gasteiger partial charge >= 0.3 is 0 Å². The van der Waals surface area contributed by atoms with E-state index in [0.29, 0.717) is 0 Å². The number of nitrogens with zero attached hydrogens (tertiary/aromatic N) is 1. The smallest absolute Gasteiger partial charge is 0.219 e. The van der Waals surface area contributed by atoms with Gasteiger partial charge < -0.3 is 0 Å². The Morgan fingerprint density at radius 2 is 1.96 bits per heavy atom. The molecule has 0 saturated carbocycles. The topological polar surface area (TPSA) is 58.6 Å². The molecule has 5 nitrogen and oxygen atoms in total. The third-order valence-corrected chi connectivity index (χ3v) is 5.89. The van der Waals surface area contributed by atoms with Crippen LogP contribution in [-0.4, -0.2) is 38.9 Å². The molecule has 0 bridgehead atoms. The summed E-state index contributed by atoms with van der Waals surface area (Å²) in [6, 6.07) is 7.77. The highest BCUT2D eigenvalue weighted by Crippen LogP contribution is 2.34. The van der Waals surface area contributed by atoms with Crippen LogP contribution in [0.15, 0.2) is 36.9 Å². The Morgan fingerprint density at radius 3 is 2.48 bits per heavy atom. The SMILES string of the molecule is C=CCNS(=O)(=O)[C@H]1CON(C)[C@@H]1c1ccc(C(C)(C)C)cc1. The van der Waals surface area contributed by atoms with Crippen LogP contribution in [0.1, 0.15) is 37.9 Å². The monoisotopic (exact) mass is 338 g/mol. The highest BCUT2D eigenvalue weighted by atomic mass is 32.2. The van der Waals surface area contributed by atoms with Crippen LogP contribution in [0.25, 0.3) is 0 Å². The van der Waals surface area contributed by atoms with E-state index < -0.39 is 15.3 Å². The molecule has 0 radical (unpaired) electrons. The number of hydrogen-bond acceptors (Lipinski definition) is 4. The number of benzene rings is 1. The maximum atomic E-state index is 12.5. The molecule has 0 amide bonds. The van der Waals surface area contributed by atoms with Gasteiger partial charge in [0.1, 0.15) is 5.25 Å². The van der Waals surface area contributed by atoms with E-state index in [4.69, 9.17) is 4.84 Å². The molecule has 2 rings (SSSR count). The minimum atomic E-state index is -3.48. The number of rotatable bonds is 5. The van der Waals surface area contributed by atoms with E-state index in [-0.39, 0.29) is 24.6 Å². The summed E-state index contributed by atoms with van der Waals surface area (Å²) in [5.74, 6) is 0. The minimum absolute atomic E-state index is 0.0631. The molecule has 128 valence electrons. The Balaban J connectivity index is 2.30. The molecule has 0 aliphatic carbocycles. The van der Waals surface area contributed by atoms with Gasteiger partial charge in [-0.25, -0.2) is 13.1 Å². The van der Waals surface area contributed by atoms with E-state index in [0.717, 1.165) is 5.56 Å². The first-order valence-corrected chi connectivity index (χ1v) is 9.27. The summed E-state index contributed by atoms with van der Waals surface area (Å²) in [5, 5.41) is 0.983. The first-order chi connectivity index (χ1) is 10.7. The second-order valence-corrected chi connectivity index (χ2v) is 8.86. The van der Waals surface area contributed by atoms with Gasteiger partial charge in [-0.05, 0) is 16.5 Å². The number of hydrogen-bond donors (Lipinski definition) is 1. The second-order valence-electron chi connectivity index (χ2n) is 6.88. The standard InChI is InChI=1S/C17H26N2O3S/c1-6-11-18-23(20,21)15-12-22-19(5)16(15)13-7-9-14(10-8-13)17(2,3)4/h6-10,15-16,18H,1,11-12H2,2-5H3/t15-,16+/m0/s1. The van der Waals surface area contributed by atoms with Gasteiger partial charge in [-0.1, -0.05) is 51.1 Å². The van der Waals surface area contributed by atoms with Crippen LogP contribution in [-0.2, 0) is 20.3 Å². The number of hydroxylamine groups is 2. The largest absolute Gasteiger partial charge is 0.297 e. The lowest BCUT2D eigenvalue weighted by atomic mass is 9.86. The fraction of sp³-hybridized carbons (Fsp3) is 0.529. The van der Waals surface area contributed by atoms with E-state index in [1.165, 1.54) is 11.6 Å². The molecule has 6 heteroatoms. The lowest BCUT2D eigenvalue weighted by molar-refractivity contribution is -0.110. The zero-order valence-corrected chi connectivity index (χ0v) is 15.1. The van der Waals surface area contributed by atoms with E-state index in [9.17, 15) is 8.42 Å². The van der Waals surface area contributed by atoms with Crippen molar-refractivity contribution in [2.24, 2.45) is 0 Å². The van der Waals surface area contributed by atoms with Crippen LogP contribution in [0.2, 0.25) is 0 Å². The Morgan fingerprint density at radius 1 is 1.35 bits per heavy atom. The van der Waals surface area contributed by atoms with Gasteiger partial charge in [0.25, 0.3) is 0 Å². The van der Waals surface area contributed by atoms with Crippen LogP contribution >= 0.6 is 0 Å². The van der Waals surface area contributed by atoms with Gasteiger partial charge in [0, 0.05) is 13.6 Å². The van der Waals surface area contributed by atoms with Gasteiger partial charge in [-0.2, -0.15) is 5.06 Å². The molecule has 0 spiro atoms. The van der Waals surface area contributed by atoms with Crippen molar-refractivity contribution in [3.8, 4) is 0 Å². The van der Waals surface area contributed by atoms with E-state index >= 15 is 0 Å². The van der Waals surface area contributed by atoms with E-state index in [2.05, 4.69) is 44.2 Å². The first kappa shape index (κ1) is 18.1. The molecule has 1 aliphatic rings. The quantitative estimate of drug-likeness (QED) is 0.838. The number of sulfonamides is 1. The van der Waals surface area contributed by atoms with Crippen molar-refractivity contribution < 1.29 is 13.3 Å². The predicted octanol–water partition coefficient (Wildman–Crippen LogP) is 2.38. The molecule has 2 atom stereocenters. The molecule has 1 aliphatic heterocycles. The lowest BCUT2D eigenvalue weighted by Crippen LogP contribution is -2.39. The maximum Gasteiger partial charge on any atom is 0.219 e. The van der Waals surface area contributed by atoms with Gasteiger partial charge in [0.05, 0.1) is 12.6 Å². The molecule has 1 aromatic rings. The summed E-state index contributed by atoms with van der Waals surface area (Å²) in [6.07, 6.45) is 1.53. The van der Waals surface area contributed by atoms with Gasteiger partial charge in [0.2, 0.25) is 10.0 Å². The average Bonchev–Trinajstić information content (AvgIpc) is 2.87. The lowest BCUT2D eigenvalue weighted by Gasteiger charge is -2.24. The molecule has 1 heterocycles. The Kier molecular flexibility index (Phi) is 5.30. The highest BCUT2D eigenvalue weighted by molar-refractivity contribution is 7.90. The summed E-state index contributed by atoms with van der Waals surface area (Å²) in [6.45, 7) is 10.4. The van der Waals surface area contributed by atoms with E-state index in [1.807, 2.05) is 12.1 Å². The average molecular weight is 338 g/mol. The van der Waals surface area contributed by atoms with Crippen LogP contribution in [0.5, 0.6) is 0 Å². The molecule has 0 unspecified atom stereocenters. The third kappa shape index (κ3) is 4.01. The maximum absolute atomic E-state index is 12.5. The Hall–Kier alpha value is -1.21. The Bertz CT molecular complexity index is 647. The van der Waals surface area contributed by atoms with Crippen LogP contribution in [0.4, 0.5) is 0 Å². The summed E-state index contributed by atoms with van der Waals surface area (Å²) in [4.78, 5) is 5.48. The predicted molar refractivity (Wildman–Crippen MR) is 92.5 cm³/mol. The van der Waals surface area contributed by atoms with Gasteiger partial charge in [0.15, 0.2) is 0 Å². The zero-order valence-electron chi connectivity index (χ0n) is 14.2. The minimum Gasteiger partial charge on any atom is -0.297 e. The van der Waals surface area contributed by atoms with Crippen LogP contribution in [0.3, 0.4) is 0 Å². The Labute approximate surface area is 139 Å². The van der Waals surface area contributed by atoms with Crippen LogP contribution in [0, 0.1) is 0 Å². The van der Waals surface area contributed by atoms with Crippen molar-refractivity contribution in [3.63, 3.8) is 0 Å². The second kappa shape index (κ2) is 6.73. The molecular weight excluding hydrogens is 312 g/mol. The summed E-state index contributed by atoms with van der Waals surface area (Å²) in [7, 11) is -1.71. The summed E-state index contributed by atoms with van der Waals surface area (Å²) < 4.78 is 27.5. The molecule has 1 N–H and O–H groups in total. The fourth-order valence-corrected chi connectivity index (χ4v) is 4.22. The first-order valence-electron chi connectivity index (χ1n) is 7.72. The van der Waals surface area contributed by atoms with Crippen molar-refractivity contribution in [1.82, 2.24) is 9.79 Å². The van der Waals surface area contributed by atoms with E-state index in [1.54, 1.807) is 12.1 Å². The van der Waals surface area contributed by atoms with Gasteiger partial charge in [-0.15, -0.1) is 6.58 Å². The van der Waals surface area contributed by atoms with Crippen molar-refractivity contribution in [1.29, 1.82) is 0 Å². The zero-order chi connectivity index (χ0) is 17.3. The van der Waals surface area contributed by atoms with Crippen LogP contribution < -0.4 is 4.72 Å². The summed E-state index contributed by atoms with van der Waals surface area (Å²) >= 11 is 0. The highest BCUT2D eigenvalue weighted by Gasteiger charge is 2.42. The molecule has 0 aromatic heterocycles. The molecule has 1 saturated heterocycles. The third-order valence-electron chi connectivity index (χ3n) is 4.13. The molecule has 1 fully saturated rings. The normalized spacial score (nSPS) is 23.1. The fourth-order valence-electron chi connectivity index (χ4n) is 2.74. The summed E-state index contributed by atoms with van der Waals surface area (Å²) in [5.41, 5.74) is 2.21. The van der Waals surface area contributed by atoms with Crippen molar-refractivity contribution in [3.05, 3.63) is 48.0 Å². The molecule has 23 heavy (non-hydrogen) atoms. The van der Waals surface area contributed by atoms with Crippen molar-refractivity contribution in [2.45, 2.75) is 37.5 Å². The number of nitrogens with one attached hydrogen (secondary N) is 1. The van der Waals surface area contributed by atoms with Gasteiger partial charge in [-0.3, -0.25) is 4.84 Å². The molecule has 1 aromatic carbocycles.